The molecule has 0 bridgehead atoms. The fourth-order valence-electron chi connectivity index (χ4n) is 1.06. The van der Waals surface area contributed by atoms with Crippen molar-refractivity contribution in [3.63, 3.8) is 0 Å². The van der Waals surface area contributed by atoms with E-state index in [1.54, 1.807) is 0 Å². The lowest BCUT2D eigenvalue weighted by Crippen LogP contribution is -2.46. The molecule has 0 fully saturated rings. The normalized spacial score (nSPS) is 13.1. The van der Waals surface area contributed by atoms with Gasteiger partial charge in [-0.15, -0.1) is 0 Å². The maximum Gasteiger partial charge on any atom is 0.352 e. The Morgan fingerprint density at radius 3 is 1.78 bits per heavy atom. The number of carbonyl (C=O) groups excluding carboxylic acids is 3. The van der Waals surface area contributed by atoms with Crippen molar-refractivity contribution in [1.29, 1.82) is 0 Å². The van der Waals surface area contributed by atoms with Gasteiger partial charge >= 0.3 is 23.9 Å². The largest absolute Gasteiger partial charge is 0.478 e. The van der Waals surface area contributed by atoms with E-state index in [1.165, 1.54) is 6.92 Å². The van der Waals surface area contributed by atoms with Crippen molar-refractivity contribution in [1.82, 2.24) is 0 Å². The lowest BCUT2D eigenvalue weighted by Gasteiger charge is -2.21. The van der Waals surface area contributed by atoms with Gasteiger partial charge < -0.3 is 19.3 Å². The molecule has 1 N–H and O–H groups in total. The second-order valence-corrected chi connectivity index (χ2v) is 3.15. The molecular formula is C10H14O8. The van der Waals surface area contributed by atoms with Gasteiger partial charge in [-0.3, -0.25) is 9.59 Å². The van der Waals surface area contributed by atoms with Gasteiger partial charge in [0.2, 0.25) is 12.2 Å². The Balaban J connectivity index is 5.08. The number of hydrogen-bond donors (Lipinski definition) is 1. The van der Waals surface area contributed by atoms with Crippen LogP contribution in [0.25, 0.3) is 0 Å². The molecule has 102 valence electrons. The van der Waals surface area contributed by atoms with Crippen molar-refractivity contribution in [2.45, 2.75) is 33.0 Å². The van der Waals surface area contributed by atoms with E-state index in [4.69, 9.17) is 5.11 Å². The molecule has 0 aliphatic carbocycles. The van der Waals surface area contributed by atoms with Gasteiger partial charge in [0.15, 0.2) is 0 Å². The number of hydrogen-bond acceptors (Lipinski definition) is 7. The van der Waals surface area contributed by atoms with Crippen LogP contribution in [0.5, 0.6) is 0 Å². The maximum atomic E-state index is 11.5. The summed E-state index contributed by atoms with van der Waals surface area (Å²) in [6.07, 6.45) is -3.77. The van der Waals surface area contributed by atoms with Gasteiger partial charge in [-0.05, 0) is 6.92 Å². The molecule has 8 nitrogen and oxygen atoms in total. The van der Waals surface area contributed by atoms with Crippen molar-refractivity contribution in [3.8, 4) is 0 Å². The monoisotopic (exact) mass is 262 g/mol. The van der Waals surface area contributed by atoms with Gasteiger partial charge in [0.05, 0.1) is 6.61 Å². The molecule has 0 aromatic heterocycles. The molecule has 0 aliphatic heterocycles. The molecule has 0 saturated carbocycles. The fourth-order valence-corrected chi connectivity index (χ4v) is 1.06. The summed E-state index contributed by atoms with van der Waals surface area (Å²) in [5, 5.41) is 8.85. The smallest absolute Gasteiger partial charge is 0.352 e. The molecule has 0 rings (SSSR count). The SMILES string of the molecule is CCOC(=O)[C@H](OC(C)=O)[C@@H](OC(C)=O)C(=O)O. The summed E-state index contributed by atoms with van der Waals surface area (Å²) < 4.78 is 13.5. The summed E-state index contributed by atoms with van der Waals surface area (Å²) >= 11 is 0. The molecule has 0 amide bonds. The van der Waals surface area contributed by atoms with Crippen LogP contribution in [-0.4, -0.2) is 47.8 Å². The highest BCUT2D eigenvalue weighted by atomic mass is 16.6. The molecule has 0 heterocycles. The topological polar surface area (TPSA) is 116 Å². The first-order valence-electron chi connectivity index (χ1n) is 5.03. The molecule has 0 aromatic rings. The second kappa shape index (κ2) is 7.25. The van der Waals surface area contributed by atoms with E-state index >= 15 is 0 Å². The van der Waals surface area contributed by atoms with E-state index in [-0.39, 0.29) is 6.61 Å². The van der Waals surface area contributed by atoms with Gasteiger partial charge in [0, 0.05) is 13.8 Å². The lowest BCUT2D eigenvalue weighted by molar-refractivity contribution is -0.188. The summed E-state index contributed by atoms with van der Waals surface area (Å²) in [7, 11) is 0. The average Bonchev–Trinajstić information content (AvgIpc) is 2.22. The van der Waals surface area contributed by atoms with Crippen LogP contribution in [0.3, 0.4) is 0 Å². The zero-order valence-electron chi connectivity index (χ0n) is 10.2. The minimum Gasteiger partial charge on any atom is -0.478 e. The molecular weight excluding hydrogens is 248 g/mol. The minimum absolute atomic E-state index is 0.0387. The van der Waals surface area contributed by atoms with Gasteiger partial charge in [-0.25, -0.2) is 9.59 Å². The number of rotatable bonds is 6. The molecule has 0 aliphatic rings. The van der Waals surface area contributed by atoms with Crippen LogP contribution >= 0.6 is 0 Å². The van der Waals surface area contributed by atoms with Gasteiger partial charge in [-0.1, -0.05) is 0 Å². The zero-order valence-corrected chi connectivity index (χ0v) is 10.2. The van der Waals surface area contributed by atoms with Gasteiger partial charge in [0.1, 0.15) is 0 Å². The summed E-state index contributed by atoms with van der Waals surface area (Å²) in [5.41, 5.74) is 0. The first-order chi connectivity index (χ1) is 8.29. The standard InChI is InChI=1S/C10H14O8/c1-4-16-10(15)8(18-6(3)12)7(9(13)14)17-5(2)11/h7-8H,4H2,1-3H3,(H,13,14)/t7-,8-/m1/s1. The molecule has 0 unspecified atom stereocenters. The van der Waals surface area contributed by atoms with E-state index in [9.17, 15) is 19.2 Å². The molecule has 8 heteroatoms. The van der Waals surface area contributed by atoms with E-state index < -0.39 is 36.1 Å². The predicted octanol–water partition coefficient (Wildman–Crippen LogP) is -0.502. The van der Waals surface area contributed by atoms with Crippen LogP contribution in [0, 0.1) is 0 Å². The Morgan fingerprint density at radius 1 is 1.00 bits per heavy atom. The molecule has 2 atom stereocenters. The maximum absolute atomic E-state index is 11.5. The third-order valence-electron chi connectivity index (χ3n) is 1.62. The molecule has 0 saturated heterocycles. The third kappa shape index (κ3) is 5.28. The van der Waals surface area contributed by atoms with Crippen molar-refractivity contribution in [3.05, 3.63) is 0 Å². The minimum atomic E-state index is -1.94. The van der Waals surface area contributed by atoms with E-state index in [0.717, 1.165) is 13.8 Å². The Labute approximate surface area is 103 Å². The van der Waals surface area contributed by atoms with Crippen LogP contribution in [0.4, 0.5) is 0 Å². The number of carbonyl (C=O) groups is 4. The van der Waals surface area contributed by atoms with E-state index in [2.05, 4.69) is 14.2 Å². The van der Waals surface area contributed by atoms with Crippen LogP contribution in [0.1, 0.15) is 20.8 Å². The first kappa shape index (κ1) is 15.9. The van der Waals surface area contributed by atoms with Crippen molar-refractivity contribution >= 4 is 23.9 Å². The average molecular weight is 262 g/mol. The van der Waals surface area contributed by atoms with Crippen LogP contribution in [0.2, 0.25) is 0 Å². The highest BCUT2D eigenvalue weighted by Gasteiger charge is 2.40. The highest BCUT2D eigenvalue weighted by molar-refractivity contribution is 5.88. The van der Waals surface area contributed by atoms with Crippen LogP contribution in [0.15, 0.2) is 0 Å². The fraction of sp³-hybridized carbons (Fsp3) is 0.600. The highest BCUT2D eigenvalue weighted by Crippen LogP contribution is 2.09. The first-order valence-corrected chi connectivity index (χ1v) is 5.03. The summed E-state index contributed by atoms with van der Waals surface area (Å²) in [6, 6.07) is 0. The van der Waals surface area contributed by atoms with Crippen molar-refractivity contribution < 1.29 is 38.5 Å². The van der Waals surface area contributed by atoms with Crippen LogP contribution < -0.4 is 0 Å². The Morgan fingerprint density at radius 2 is 1.44 bits per heavy atom. The zero-order chi connectivity index (χ0) is 14.3. The molecule has 0 aromatic carbocycles. The summed E-state index contributed by atoms with van der Waals surface area (Å²) in [5.74, 6) is -4.54. The number of ether oxygens (including phenoxy) is 3. The Hall–Kier alpha value is -2.12. The van der Waals surface area contributed by atoms with Crippen LogP contribution in [-0.2, 0) is 33.4 Å². The number of carboxylic acids is 1. The quantitative estimate of drug-likeness (QED) is 0.503. The van der Waals surface area contributed by atoms with E-state index in [1.807, 2.05) is 0 Å². The molecule has 0 radical (unpaired) electrons. The summed E-state index contributed by atoms with van der Waals surface area (Å²) in [6.45, 7) is 3.40. The Kier molecular flexibility index (Phi) is 6.40. The Bertz CT molecular complexity index is 348. The number of carboxylic acid groups (broad SMARTS) is 1. The van der Waals surface area contributed by atoms with Crippen molar-refractivity contribution in [2.75, 3.05) is 6.61 Å². The number of aliphatic carboxylic acids is 1. The van der Waals surface area contributed by atoms with Crippen molar-refractivity contribution in [2.24, 2.45) is 0 Å². The van der Waals surface area contributed by atoms with E-state index in [0.29, 0.717) is 0 Å². The van der Waals surface area contributed by atoms with Gasteiger partial charge in [0.25, 0.3) is 0 Å². The third-order valence-corrected chi connectivity index (χ3v) is 1.62. The predicted molar refractivity (Wildman–Crippen MR) is 55.4 cm³/mol. The molecule has 0 spiro atoms. The van der Waals surface area contributed by atoms with Gasteiger partial charge in [-0.2, -0.15) is 0 Å². The number of esters is 3. The molecule has 18 heavy (non-hydrogen) atoms. The summed E-state index contributed by atoms with van der Waals surface area (Å²) in [4.78, 5) is 43.9. The second-order valence-electron chi connectivity index (χ2n) is 3.15. The lowest BCUT2D eigenvalue weighted by atomic mass is 10.2.